The summed E-state index contributed by atoms with van der Waals surface area (Å²) < 4.78 is 0. The van der Waals surface area contributed by atoms with Crippen LogP contribution in [-0.2, 0) is 10.3 Å². The fourth-order valence-corrected chi connectivity index (χ4v) is 4.29. The van der Waals surface area contributed by atoms with Crippen LogP contribution >= 0.6 is 0 Å². The van der Waals surface area contributed by atoms with Crippen molar-refractivity contribution < 1.29 is 4.79 Å². The highest BCUT2D eigenvalue weighted by Gasteiger charge is 2.38. The molecular weight excluding hydrogens is 334 g/mol. The molecule has 0 aromatic heterocycles. The number of hydrogen-bond acceptors (Lipinski definition) is 3. The Bertz CT molecular complexity index is 724. The standard InChI is InChI=1S/C23H31N3O/c1-18(19-9-5-3-6-10-19)21(17-24)22(27)26-15-13-23(25-2,14-16-26)20-11-7-4-8-12-20/h3-12,18,21,25H,13-17,24H2,1-2H3. The minimum Gasteiger partial charge on any atom is -0.342 e. The normalized spacial score (nSPS) is 18.7. The number of piperidine rings is 1. The van der Waals surface area contributed by atoms with Crippen molar-refractivity contribution in [3.63, 3.8) is 0 Å². The van der Waals surface area contributed by atoms with Gasteiger partial charge in [0.1, 0.15) is 0 Å². The van der Waals surface area contributed by atoms with Gasteiger partial charge in [-0.3, -0.25) is 4.79 Å². The van der Waals surface area contributed by atoms with Crippen LogP contribution in [0.4, 0.5) is 0 Å². The van der Waals surface area contributed by atoms with Gasteiger partial charge in [0.25, 0.3) is 0 Å². The molecule has 4 heteroatoms. The monoisotopic (exact) mass is 365 g/mol. The molecule has 2 atom stereocenters. The summed E-state index contributed by atoms with van der Waals surface area (Å²) in [5.41, 5.74) is 8.45. The molecule has 1 saturated heterocycles. The summed E-state index contributed by atoms with van der Waals surface area (Å²) in [4.78, 5) is 15.2. The molecule has 27 heavy (non-hydrogen) atoms. The minimum absolute atomic E-state index is 0.0543. The summed E-state index contributed by atoms with van der Waals surface area (Å²) in [7, 11) is 2.02. The Morgan fingerprint density at radius 3 is 2.15 bits per heavy atom. The van der Waals surface area contributed by atoms with E-state index >= 15 is 0 Å². The van der Waals surface area contributed by atoms with Gasteiger partial charge in [-0.15, -0.1) is 0 Å². The van der Waals surface area contributed by atoms with Crippen molar-refractivity contribution >= 4 is 5.91 Å². The molecule has 1 amide bonds. The van der Waals surface area contributed by atoms with Gasteiger partial charge in [0.05, 0.1) is 5.92 Å². The average Bonchev–Trinajstić information content (AvgIpc) is 2.75. The van der Waals surface area contributed by atoms with Crippen LogP contribution in [0.15, 0.2) is 60.7 Å². The highest BCUT2D eigenvalue weighted by molar-refractivity contribution is 5.80. The van der Waals surface area contributed by atoms with Crippen LogP contribution in [-0.4, -0.2) is 37.5 Å². The van der Waals surface area contributed by atoms with Crippen molar-refractivity contribution in [1.29, 1.82) is 0 Å². The number of nitrogens with one attached hydrogen (secondary N) is 1. The van der Waals surface area contributed by atoms with E-state index in [4.69, 9.17) is 5.73 Å². The van der Waals surface area contributed by atoms with Crippen LogP contribution in [0.3, 0.4) is 0 Å². The molecule has 0 radical (unpaired) electrons. The predicted molar refractivity (Wildman–Crippen MR) is 110 cm³/mol. The highest BCUT2D eigenvalue weighted by Crippen LogP contribution is 2.34. The maximum Gasteiger partial charge on any atom is 0.227 e. The number of nitrogens with zero attached hydrogens (tertiary/aromatic N) is 1. The number of rotatable bonds is 6. The molecule has 0 aliphatic carbocycles. The lowest BCUT2D eigenvalue weighted by Crippen LogP contribution is -2.53. The van der Waals surface area contributed by atoms with Gasteiger partial charge in [0.2, 0.25) is 5.91 Å². The predicted octanol–water partition coefficient (Wildman–Crippen LogP) is 3.10. The Labute approximate surface area is 162 Å². The lowest BCUT2D eigenvalue weighted by atomic mass is 9.80. The fraction of sp³-hybridized carbons (Fsp3) is 0.435. The molecule has 1 fully saturated rings. The molecule has 1 heterocycles. The van der Waals surface area contributed by atoms with Crippen molar-refractivity contribution in [2.24, 2.45) is 11.7 Å². The number of likely N-dealkylation sites (tertiary alicyclic amines) is 1. The number of amides is 1. The maximum atomic E-state index is 13.2. The summed E-state index contributed by atoms with van der Waals surface area (Å²) in [6.45, 7) is 4.00. The van der Waals surface area contributed by atoms with Crippen LogP contribution < -0.4 is 11.1 Å². The van der Waals surface area contributed by atoms with Crippen molar-refractivity contribution in [2.45, 2.75) is 31.2 Å². The van der Waals surface area contributed by atoms with E-state index < -0.39 is 0 Å². The molecule has 4 nitrogen and oxygen atoms in total. The van der Waals surface area contributed by atoms with Crippen molar-refractivity contribution in [3.05, 3.63) is 71.8 Å². The van der Waals surface area contributed by atoms with Crippen molar-refractivity contribution in [1.82, 2.24) is 10.2 Å². The quantitative estimate of drug-likeness (QED) is 0.827. The van der Waals surface area contributed by atoms with Crippen LogP contribution in [0.2, 0.25) is 0 Å². The molecule has 3 N–H and O–H groups in total. The van der Waals surface area contributed by atoms with Gasteiger partial charge in [0, 0.05) is 25.2 Å². The van der Waals surface area contributed by atoms with Crippen LogP contribution in [0.1, 0.15) is 36.8 Å². The molecule has 2 aromatic rings. The minimum atomic E-state index is -0.175. The summed E-state index contributed by atoms with van der Waals surface area (Å²) in [6, 6.07) is 20.8. The average molecular weight is 366 g/mol. The first-order valence-corrected chi connectivity index (χ1v) is 9.89. The first-order chi connectivity index (χ1) is 13.1. The molecule has 2 aromatic carbocycles. The number of carbonyl (C=O) groups is 1. The van der Waals surface area contributed by atoms with Crippen molar-refractivity contribution in [2.75, 3.05) is 26.7 Å². The highest BCUT2D eigenvalue weighted by atomic mass is 16.2. The number of hydrogen-bond donors (Lipinski definition) is 2. The maximum absolute atomic E-state index is 13.2. The van der Waals surface area contributed by atoms with E-state index in [9.17, 15) is 4.79 Å². The largest absolute Gasteiger partial charge is 0.342 e. The lowest BCUT2D eigenvalue weighted by molar-refractivity contribution is -0.137. The Kier molecular flexibility index (Phi) is 6.30. The van der Waals surface area contributed by atoms with Gasteiger partial charge in [-0.05, 0) is 36.9 Å². The molecule has 1 aliphatic heterocycles. The second-order valence-electron chi connectivity index (χ2n) is 7.56. The van der Waals surface area contributed by atoms with Crippen LogP contribution in [0.25, 0.3) is 0 Å². The smallest absolute Gasteiger partial charge is 0.227 e. The van der Waals surface area contributed by atoms with E-state index in [0.29, 0.717) is 6.54 Å². The number of carbonyl (C=O) groups excluding carboxylic acids is 1. The third-order valence-electron chi connectivity index (χ3n) is 6.23. The molecule has 3 rings (SSSR count). The lowest BCUT2D eigenvalue weighted by Gasteiger charge is -2.43. The van der Waals surface area contributed by atoms with E-state index in [1.54, 1.807) is 0 Å². The van der Waals surface area contributed by atoms with Gasteiger partial charge in [-0.1, -0.05) is 67.6 Å². The zero-order valence-corrected chi connectivity index (χ0v) is 16.4. The Morgan fingerprint density at radius 2 is 1.63 bits per heavy atom. The molecule has 1 aliphatic rings. The van der Waals surface area contributed by atoms with E-state index in [2.05, 4.69) is 48.6 Å². The molecule has 0 spiro atoms. The zero-order valence-electron chi connectivity index (χ0n) is 16.4. The van der Waals surface area contributed by atoms with E-state index in [1.165, 1.54) is 11.1 Å². The summed E-state index contributed by atoms with van der Waals surface area (Å²) in [6.07, 6.45) is 1.83. The summed E-state index contributed by atoms with van der Waals surface area (Å²) in [5, 5.41) is 3.52. The Balaban J connectivity index is 1.70. The van der Waals surface area contributed by atoms with Crippen LogP contribution in [0.5, 0.6) is 0 Å². The van der Waals surface area contributed by atoms with E-state index in [0.717, 1.165) is 25.9 Å². The number of benzene rings is 2. The van der Waals surface area contributed by atoms with Gasteiger partial charge >= 0.3 is 0 Å². The topological polar surface area (TPSA) is 58.4 Å². The summed E-state index contributed by atoms with van der Waals surface area (Å²) >= 11 is 0. The molecular formula is C23H31N3O. The molecule has 0 bridgehead atoms. The third-order valence-corrected chi connectivity index (χ3v) is 6.23. The van der Waals surface area contributed by atoms with Gasteiger partial charge in [-0.25, -0.2) is 0 Å². The first kappa shape index (κ1) is 19.6. The third kappa shape index (κ3) is 4.07. The molecule has 144 valence electrons. The SMILES string of the molecule is CNC1(c2ccccc2)CCN(C(=O)C(CN)C(C)c2ccccc2)CC1. The molecule has 0 saturated carbocycles. The fourth-order valence-electron chi connectivity index (χ4n) is 4.29. The molecule has 2 unspecified atom stereocenters. The van der Waals surface area contributed by atoms with Gasteiger partial charge < -0.3 is 16.0 Å². The van der Waals surface area contributed by atoms with Crippen LogP contribution in [0, 0.1) is 5.92 Å². The number of nitrogens with two attached hydrogens (primary N) is 1. The van der Waals surface area contributed by atoms with Gasteiger partial charge in [-0.2, -0.15) is 0 Å². The Morgan fingerprint density at radius 1 is 1.07 bits per heavy atom. The van der Waals surface area contributed by atoms with Gasteiger partial charge in [0.15, 0.2) is 0 Å². The Hall–Kier alpha value is -2.17. The summed E-state index contributed by atoms with van der Waals surface area (Å²) in [5.74, 6) is 0.131. The van der Waals surface area contributed by atoms with E-state index in [-0.39, 0.29) is 23.3 Å². The van der Waals surface area contributed by atoms with Crippen molar-refractivity contribution in [3.8, 4) is 0 Å². The second kappa shape index (κ2) is 8.68. The first-order valence-electron chi connectivity index (χ1n) is 9.89. The van der Waals surface area contributed by atoms with E-state index in [1.807, 2.05) is 36.2 Å². The zero-order chi connectivity index (χ0) is 19.3. The second-order valence-corrected chi connectivity index (χ2v) is 7.56.